The van der Waals surface area contributed by atoms with Gasteiger partial charge in [-0.15, -0.1) is 0 Å². The second-order valence-electron chi connectivity index (χ2n) is 8.86. The molecule has 0 aliphatic carbocycles. The Morgan fingerprint density at radius 1 is 1.27 bits per heavy atom. The van der Waals surface area contributed by atoms with E-state index in [-0.39, 0.29) is 16.8 Å². The van der Waals surface area contributed by atoms with E-state index in [4.69, 9.17) is 10.5 Å². The molecular formula is C23H27F3N4O3. The number of rotatable bonds is 4. The molecule has 2 aromatic rings. The summed E-state index contributed by atoms with van der Waals surface area (Å²) in [6, 6.07) is 6.10. The summed E-state index contributed by atoms with van der Waals surface area (Å²) in [5, 5.41) is 4.11. The van der Waals surface area contributed by atoms with Gasteiger partial charge in [0, 0.05) is 43.5 Å². The van der Waals surface area contributed by atoms with Crippen molar-refractivity contribution in [2.24, 2.45) is 17.1 Å². The lowest BCUT2D eigenvalue weighted by molar-refractivity contribution is -0.137. The Morgan fingerprint density at radius 3 is 2.64 bits per heavy atom. The van der Waals surface area contributed by atoms with Gasteiger partial charge in [0.15, 0.2) is 5.69 Å². The summed E-state index contributed by atoms with van der Waals surface area (Å²) in [6.45, 7) is 4.01. The zero-order chi connectivity index (χ0) is 23.8. The molecule has 7 nitrogen and oxygen atoms in total. The smallest absolute Gasteiger partial charge is 0.381 e. The number of carbonyl (C=O) groups is 1. The average Bonchev–Trinajstić information content (AvgIpc) is 3.25. The molecule has 0 spiro atoms. The lowest BCUT2D eigenvalue weighted by atomic mass is 9.71. The van der Waals surface area contributed by atoms with Gasteiger partial charge < -0.3 is 15.4 Å². The summed E-state index contributed by atoms with van der Waals surface area (Å²) >= 11 is 0. The van der Waals surface area contributed by atoms with Gasteiger partial charge in [-0.1, -0.05) is 12.1 Å². The molecule has 2 aliphatic rings. The predicted molar refractivity (Wildman–Crippen MR) is 115 cm³/mol. The molecule has 1 aromatic carbocycles. The first-order valence-corrected chi connectivity index (χ1v) is 11.0. The summed E-state index contributed by atoms with van der Waals surface area (Å²) in [5.41, 5.74) is 3.94. The summed E-state index contributed by atoms with van der Waals surface area (Å²) < 4.78 is 47.1. The van der Waals surface area contributed by atoms with Crippen molar-refractivity contribution in [1.82, 2.24) is 14.7 Å². The quantitative estimate of drug-likeness (QED) is 0.752. The predicted octanol–water partition coefficient (Wildman–Crippen LogP) is 2.78. The van der Waals surface area contributed by atoms with Crippen LogP contribution in [0.4, 0.5) is 13.2 Å². The fourth-order valence-electron chi connectivity index (χ4n) is 5.03. The molecule has 33 heavy (non-hydrogen) atoms. The van der Waals surface area contributed by atoms with E-state index in [1.165, 1.54) is 25.1 Å². The topological polar surface area (TPSA) is 90.5 Å². The minimum absolute atomic E-state index is 0.202. The molecule has 4 rings (SSSR count). The SMILES string of the molecule is Cc1cc(=O)c(C(=O)N2CCC(CN)(C3CCOCC3)C2)nn1-c1ccccc1C(F)(F)F. The maximum Gasteiger partial charge on any atom is 0.418 e. The molecular weight excluding hydrogens is 437 g/mol. The van der Waals surface area contributed by atoms with Gasteiger partial charge in [-0.2, -0.15) is 18.3 Å². The van der Waals surface area contributed by atoms with Crippen LogP contribution in [0.5, 0.6) is 0 Å². The number of nitrogens with two attached hydrogens (primary N) is 1. The Kier molecular flexibility index (Phi) is 6.32. The van der Waals surface area contributed by atoms with E-state index in [2.05, 4.69) is 5.10 Å². The number of ether oxygens (including phenoxy) is 1. The van der Waals surface area contributed by atoms with E-state index in [1.807, 2.05) is 0 Å². The Balaban J connectivity index is 1.67. The Labute approximate surface area is 189 Å². The minimum Gasteiger partial charge on any atom is -0.381 e. The van der Waals surface area contributed by atoms with Gasteiger partial charge in [-0.25, -0.2) is 4.68 Å². The van der Waals surface area contributed by atoms with Crippen LogP contribution in [0.3, 0.4) is 0 Å². The third-order valence-corrected chi connectivity index (χ3v) is 6.91. The lowest BCUT2D eigenvalue weighted by Crippen LogP contribution is -2.44. The van der Waals surface area contributed by atoms with Crippen LogP contribution in [0.2, 0.25) is 0 Å². The Bertz CT molecular complexity index is 1100. The van der Waals surface area contributed by atoms with Crippen LogP contribution in [0, 0.1) is 18.3 Å². The number of para-hydroxylation sites is 1. The summed E-state index contributed by atoms with van der Waals surface area (Å²) in [7, 11) is 0. The normalized spacial score (nSPS) is 22.0. The van der Waals surface area contributed by atoms with E-state index in [9.17, 15) is 22.8 Å². The van der Waals surface area contributed by atoms with Crippen LogP contribution < -0.4 is 11.2 Å². The van der Waals surface area contributed by atoms with Crippen molar-refractivity contribution in [3.63, 3.8) is 0 Å². The van der Waals surface area contributed by atoms with Crippen LogP contribution in [-0.4, -0.2) is 53.4 Å². The fraction of sp³-hybridized carbons (Fsp3) is 0.522. The number of nitrogens with zero attached hydrogens (tertiary/aromatic N) is 3. The third kappa shape index (κ3) is 4.41. The van der Waals surface area contributed by atoms with Crippen molar-refractivity contribution >= 4 is 5.91 Å². The highest BCUT2D eigenvalue weighted by atomic mass is 19.4. The first kappa shape index (κ1) is 23.4. The number of halogens is 3. The van der Waals surface area contributed by atoms with E-state index >= 15 is 0 Å². The van der Waals surface area contributed by atoms with Gasteiger partial charge in [0.1, 0.15) is 0 Å². The number of aromatic nitrogens is 2. The largest absolute Gasteiger partial charge is 0.418 e. The van der Waals surface area contributed by atoms with Gasteiger partial charge in [0.25, 0.3) is 5.91 Å². The molecule has 2 fully saturated rings. The Morgan fingerprint density at radius 2 is 1.97 bits per heavy atom. The Hall–Kier alpha value is -2.72. The minimum atomic E-state index is -4.61. The van der Waals surface area contributed by atoms with E-state index < -0.39 is 28.8 Å². The number of likely N-dealkylation sites (tertiary alicyclic amines) is 1. The molecule has 10 heteroatoms. The van der Waals surface area contributed by atoms with Crippen LogP contribution >= 0.6 is 0 Å². The number of hydrogen-bond acceptors (Lipinski definition) is 5. The molecule has 2 aliphatic heterocycles. The van der Waals surface area contributed by atoms with Crippen molar-refractivity contribution in [2.45, 2.75) is 32.4 Å². The van der Waals surface area contributed by atoms with Gasteiger partial charge in [0.2, 0.25) is 5.43 Å². The maximum absolute atomic E-state index is 13.6. The van der Waals surface area contributed by atoms with E-state index in [0.717, 1.165) is 29.7 Å². The van der Waals surface area contributed by atoms with Crippen molar-refractivity contribution < 1.29 is 22.7 Å². The second kappa shape index (κ2) is 8.90. The van der Waals surface area contributed by atoms with Gasteiger partial charge in [0.05, 0.1) is 11.3 Å². The monoisotopic (exact) mass is 464 g/mol. The standard InChI is InChI=1S/C23H27F3N4O3/c1-15-12-19(31)20(28-30(15)18-5-3-2-4-17(18)23(24,25)26)21(32)29-9-8-22(13-27,14-29)16-6-10-33-11-7-16/h2-5,12,16H,6-11,13-14,27H2,1H3. The highest BCUT2D eigenvalue weighted by Gasteiger charge is 2.45. The first-order chi connectivity index (χ1) is 15.7. The van der Waals surface area contributed by atoms with Gasteiger partial charge in [-0.05, 0) is 50.8 Å². The average molecular weight is 464 g/mol. The van der Waals surface area contributed by atoms with Crippen LogP contribution in [0.25, 0.3) is 5.69 Å². The first-order valence-electron chi connectivity index (χ1n) is 11.0. The highest BCUT2D eigenvalue weighted by molar-refractivity contribution is 5.92. The molecule has 1 atom stereocenters. The zero-order valence-corrected chi connectivity index (χ0v) is 18.4. The molecule has 178 valence electrons. The molecule has 1 amide bonds. The van der Waals surface area contributed by atoms with Crippen LogP contribution in [0.1, 0.15) is 41.0 Å². The molecule has 0 saturated carbocycles. The van der Waals surface area contributed by atoms with Crippen molar-refractivity contribution in [1.29, 1.82) is 0 Å². The maximum atomic E-state index is 13.6. The summed E-state index contributed by atoms with van der Waals surface area (Å²) in [5.74, 6) is -0.268. The number of carbonyl (C=O) groups excluding carboxylic acids is 1. The van der Waals surface area contributed by atoms with Crippen LogP contribution in [0.15, 0.2) is 35.1 Å². The lowest BCUT2D eigenvalue weighted by Gasteiger charge is -2.38. The number of amides is 1. The van der Waals surface area contributed by atoms with E-state index in [1.54, 1.807) is 4.90 Å². The number of benzene rings is 1. The number of hydrogen-bond donors (Lipinski definition) is 1. The second-order valence-corrected chi connectivity index (χ2v) is 8.86. The summed E-state index contributed by atoms with van der Waals surface area (Å²) in [6.07, 6.45) is -2.18. The molecule has 0 bridgehead atoms. The number of aryl methyl sites for hydroxylation is 1. The van der Waals surface area contributed by atoms with Gasteiger partial charge in [-0.3, -0.25) is 9.59 Å². The third-order valence-electron chi connectivity index (χ3n) is 6.91. The van der Waals surface area contributed by atoms with Crippen molar-refractivity contribution in [2.75, 3.05) is 32.8 Å². The molecule has 2 saturated heterocycles. The van der Waals surface area contributed by atoms with Crippen molar-refractivity contribution in [3.8, 4) is 5.69 Å². The molecule has 0 radical (unpaired) electrons. The van der Waals surface area contributed by atoms with E-state index in [0.29, 0.717) is 45.2 Å². The molecule has 2 N–H and O–H groups in total. The fourth-order valence-corrected chi connectivity index (χ4v) is 5.03. The van der Waals surface area contributed by atoms with Crippen molar-refractivity contribution in [3.05, 3.63) is 57.5 Å². The summed E-state index contributed by atoms with van der Waals surface area (Å²) in [4.78, 5) is 27.5. The molecule has 3 heterocycles. The molecule has 1 unspecified atom stereocenters. The highest BCUT2D eigenvalue weighted by Crippen LogP contribution is 2.42. The van der Waals surface area contributed by atoms with Gasteiger partial charge >= 0.3 is 6.18 Å². The van der Waals surface area contributed by atoms with Crippen LogP contribution in [-0.2, 0) is 10.9 Å². The molecule has 1 aromatic heterocycles. The zero-order valence-electron chi connectivity index (χ0n) is 18.4. The number of alkyl halides is 3.